The minimum atomic E-state index is 0.618. The van der Waals surface area contributed by atoms with E-state index in [1.54, 1.807) is 7.11 Å². The van der Waals surface area contributed by atoms with Gasteiger partial charge in [0.25, 0.3) is 0 Å². The second kappa shape index (κ2) is 5.22. The first-order valence-corrected chi connectivity index (χ1v) is 7.08. The summed E-state index contributed by atoms with van der Waals surface area (Å²) in [6.07, 6.45) is 2.46. The molecule has 0 unspecified atom stereocenters. The molecular weight excluding hydrogens is 234 g/mol. The number of rotatable bonds is 2. The summed E-state index contributed by atoms with van der Waals surface area (Å²) in [5.41, 5.74) is 1.49. The molecule has 0 bridgehead atoms. The Hall–Kier alpha value is -1.54. The van der Waals surface area contributed by atoms with Crippen molar-refractivity contribution in [1.29, 1.82) is 0 Å². The van der Waals surface area contributed by atoms with E-state index in [9.17, 15) is 0 Å². The number of benzene rings is 2. The highest BCUT2D eigenvalue weighted by Crippen LogP contribution is 2.34. The van der Waals surface area contributed by atoms with Gasteiger partial charge in [0.15, 0.2) is 0 Å². The molecule has 2 aromatic rings. The molecule has 0 amide bonds. The number of ether oxygens (including phenoxy) is 1. The van der Waals surface area contributed by atoms with Gasteiger partial charge in [0, 0.05) is 6.04 Å². The molecule has 1 heterocycles. The van der Waals surface area contributed by atoms with Crippen molar-refractivity contribution in [3.8, 4) is 5.75 Å². The van der Waals surface area contributed by atoms with Gasteiger partial charge in [0.2, 0.25) is 0 Å². The van der Waals surface area contributed by atoms with Gasteiger partial charge in [-0.3, -0.25) is 0 Å². The molecule has 1 N–H and O–H groups in total. The Morgan fingerprint density at radius 2 is 2.11 bits per heavy atom. The third-order valence-corrected chi connectivity index (χ3v) is 4.18. The summed E-state index contributed by atoms with van der Waals surface area (Å²) in [5.74, 6) is 1.61. The van der Waals surface area contributed by atoms with E-state index in [4.69, 9.17) is 4.74 Å². The van der Waals surface area contributed by atoms with Crippen LogP contribution in [0.5, 0.6) is 5.75 Å². The van der Waals surface area contributed by atoms with Gasteiger partial charge in [-0.2, -0.15) is 0 Å². The fraction of sp³-hybridized carbons (Fsp3) is 0.412. The standard InChI is InChI=1S/C17H21NO/c1-12-10-14(8-9-18-12)16-5-3-4-13-11-15(19-2)6-7-17(13)16/h3-7,11-12,14,18H,8-10H2,1-2H3/t12-,14+/m1/s1. The maximum atomic E-state index is 5.31. The van der Waals surface area contributed by atoms with Gasteiger partial charge < -0.3 is 10.1 Å². The topological polar surface area (TPSA) is 21.3 Å². The Morgan fingerprint density at radius 3 is 2.89 bits per heavy atom. The van der Waals surface area contributed by atoms with E-state index in [-0.39, 0.29) is 0 Å². The lowest BCUT2D eigenvalue weighted by Crippen LogP contribution is -2.34. The van der Waals surface area contributed by atoms with Gasteiger partial charge in [0.05, 0.1) is 7.11 Å². The molecule has 0 radical (unpaired) electrons. The Bertz CT molecular complexity index is 578. The van der Waals surface area contributed by atoms with Crippen molar-refractivity contribution in [2.24, 2.45) is 0 Å². The molecule has 0 saturated carbocycles. The quantitative estimate of drug-likeness (QED) is 0.883. The highest BCUT2D eigenvalue weighted by molar-refractivity contribution is 5.87. The number of nitrogens with one attached hydrogen (secondary N) is 1. The first-order chi connectivity index (χ1) is 9.28. The van der Waals surface area contributed by atoms with Crippen molar-refractivity contribution in [3.63, 3.8) is 0 Å². The van der Waals surface area contributed by atoms with E-state index < -0.39 is 0 Å². The zero-order valence-electron chi connectivity index (χ0n) is 11.6. The van der Waals surface area contributed by atoms with E-state index >= 15 is 0 Å². The minimum absolute atomic E-state index is 0.618. The van der Waals surface area contributed by atoms with Gasteiger partial charge >= 0.3 is 0 Å². The molecule has 2 heteroatoms. The van der Waals surface area contributed by atoms with E-state index in [2.05, 4.69) is 48.6 Å². The number of hydrogen-bond donors (Lipinski definition) is 1. The molecule has 0 aliphatic carbocycles. The number of methoxy groups -OCH3 is 1. The Labute approximate surface area is 114 Å². The van der Waals surface area contributed by atoms with Crippen molar-refractivity contribution in [3.05, 3.63) is 42.0 Å². The van der Waals surface area contributed by atoms with Crippen molar-refractivity contribution in [1.82, 2.24) is 5.32 Å². The third kappa shape index (κ3) is 2.45. The lowest BCUT2D eigenvalue weighted by atomic mass is 9.84. The maximum Gasteiger partial charge on any atom is 0.119 e. The molecule has 1 aliphatic rings. The van der Waals surface area contributed by atoms with Crippen LogP contribution in [0.3, 0.4) is 0 Å². The van der Waals surface area contributed by atoms with Crippen molar-refractivity contribution < 1.29 is 4.74 Å². The largest absolute Gasteiger partial charge is 0.497 e. The second-order valence-corrected chi connectivity index (χ2v) is 5.51. The van der Waals surface area contributed by atoms with Gasteiger partial charge in [-0.1, -0.05) is 24.3 Å². The number of hydrogen-bond acceptors (Lipinski definition) is 2. The van der Waals surface area contributed by atoms with E-state index in [0.717, 1.165) is 12.3 Å². The first kappa shape index (κ1) is 12.5. The summed E-state index contributed by atoms with van der Waals surface area (Å²) in [4.78, 5) is 0. The summed E-state index contributed by atoms with van der Waals surface area (Å²) in [6.45, 7) is 3.40. The molecule has 1 aliphatic heterocycles. The summed E-state index contributed by atoms with van der Waals surface area (Å²) in [7, 11) is 1.72. The molecule has 100 valence electrons. The highest BCUT2D eigenvalue weighted by Gasteiger charge is 2.21. The van der Waals surface area contributed by atoms with Crippen molar-refractivity contribution in [2.75, 3.05) is 13.7 Å². The molecule has 0 spiro atoms. The van der Waals surface area contributed by atoms with Crippen molar-refractivity contribution >= 4 is 10.8 Å². The SMILES string of the molecule is COc1ccc2c([C@H]3CCN[C@H](C)C3)cccc2c1. The monoisotopic (exact) mass is 255 g/mol. The highest BCUT2D eigenvalue weighted by atomic mass is 16.5. The normalized spacial score (nSPS) is 23.5. The Kier molecular flexibility index (Phi) is 3.43. The lowest BCUT2D eigenvalue weighted by molar-refractivity contribution is 0.382. The Morgan fingerprint density at radius 1 is 1.21 bits per heavy atom. The summed E-state index contributed by atoms with van der Waals surface area (Å²) >= 11 is 0. The average molecular weight is 255 g/mol. The fourth-order valence-electron chi connectivity index (χ4n) is 3.18. The lowest BCUT2D eigenvalue weighted by Gasteiger charge is -2.29. The zero-order chi connectivity index (χ0) is 13.2. The predicted octanol–water partition coefficient (Wildman–Crippen LogP) is 3.70. The van der Waals surface area contributed by atoms with Crippen LogP contribution in [0.4, 0.5) is 0 Å². The van der Waals surface area contributed by atoms with Crippen LogP contribution in [-0.4, -0.2) is 19.7 Å². The third-order valence-electron chi connectivity index (χ3n) is 4.18. The molecular formula is C17H21NO. The molecule has 2 nitrogen and oxygen atoms in total. The molecule has 19 heavy (non-hydrogen) atoms. The zero-order valence-corrected chi connectivity index (χ0v) is 11.6. The van der Waals surface area contributed by atoms with Crippen LogP contribution in [-0.2, 0) is 0 Å². The minimum Gasteiger partial charge on any atom is -0.497 e. The molecule has 1 fully saturated rings. The maximum absolute atomic E-state index is 5.31. The van der Waals surface area contributed by atoms with Crippen LogP contribution < -0.4 is 10.1 Å². The van der Waals surface area contributed by atoms with Gasteiger partial charge in [0.1, 0.15) is 5.75 Å². The van der Waals surface area contributed by atoms with Crippen LogP contribution in [0.25, 0.3) is 10.8 Å². The Balaban J connectivity index is 2.03. The number of piperidine rings is 1. The fourth-order valence-corrected chi connectivity index (χ4v) is 3.18. The van der Waals surface area contributed by atoms with Crippen LogP contribution in [0.2, 0.25) is 0 Å². The summed E-state index contributed by atoms with van der Waals surface area (Å²) in [6, 6.07) is 13.6. The van der Waals surface area contributed by atoms with Crippen LogP contribution in [0.15, 0.2) is 36.4 Å². The predicted molar refractivity (Wildman–Crippen MR) is 79.9 cm³/mol. The van der Waals surface area contributed by atoms with E-state index in [1.807, 2.05) is 0 Å². The van der Waals surface area contributed by atoms with Gasteiger partial charge in [-0.15, -0.1) is 0 Å². The van der Waals surface area contributed by atoms with Crippen LogP contribution in [0, 0.1) is 0 Å². The smallest absolute Gasteiger partial charge is 0.119 e. The van der Waals surface area contributed by atoms with E-state index in [1.165, 1.54) is 29.2 Å². The van der Waals surface area contributed by atoms with Gasteiger partial charge in [-0.05, 0) is 60.7 Å². The summed E-state index contributed by atoms with van der Waals surface area (Å²) in [5, 5.41) is 6.19. The number of fused-ring (bicyclic) bond motifs is 1. The molecule has 2 aromatic carbocycles. The average Bonchev–Trinajstić information content (AvgIpc) is 2.46. The molecule has 3 rings (SSSR count). The van der Waals surface area contributed by atoms with Gasteiger partial charge in [-0.25, -0.2) is 0 Å². The van der Waals surface area contributed by atoms with Crippen LogP contribution in [0.1, 0.15) is 31.2 Å². The second-order valence-electron chi connectivity index (χ2n) is 5.51. The molecule has 0 aromatic heterocycles. The van der Waals surface area contributed by atoms with E-state index in [0.29, 0.717) is 12.0 Å². The first-order valence-electron chi connectivity index (χ1n) is 7.08. The summed E-state index contributed by atoms with van der Waals surface area (Å²) < 4.78 is 5.31. The van der Waals surface area contributed by atoms with Crippen LogP contribution >= 0.6 is 0 Å². The van der Waals surface area contributed by atoms with Crippen molar-refractivity contribution in [2.45, 2.75) is 31.7 Å². The molecule has 1 saturated heterocycles. The molecule has 2 atom stereocenters.